The van der Waals surface area contributed by atoms with Crippen molar-refractivity contribution in [2.45, 2.75) is 27.3 Å². The largest absolute Gasteiger partial charge is 0.452 e. The number of amides is 1. The molecule has 0 aliphatic rings. The Morgan fingerprint density at radius 2 is 1.79 bits per heavy atom. The van der Waals surface area contributed by atoms with E-state index in [2.05, 4.69) is 10.4 Å². The van der Waals surface area contributed by atoms with Crippen LogP contribution in [0.1, 0.15) is 32.9 Å². The summed E-state index contributed by atoms with van der Waals surface area (Å²) in [5, 5.41) is 7.70. The fraction of sp³-hybridized carbons (Fsp3) is 0.227. The summed E-state index contributed by atoms with van der Waals surface area (Å²) in [6, 6.07) is 15.1. The molecule has 0 spiro atoms. The number of aryl methyl sites for hydroxylation is 1. The van der Waals surface area contributed by atoms with Gasteiger partial charge in [-0.1, -0.05) is 48.0 Å². The fourth-order valence-electron chi connectivity index (χ4n) is 3.04. The Morgan fingerprint density at radius 1 is 1.07 bits per heavy atom. The number of nitrogens with zero attached hydrogens (tertiary/aromatic N) is 2. The summed E-state index contributed by atoms with van der Waals surface area (Å²) < 4.78 is 6.98. The molecule has 0 aliphatic heterocycles. The maximum atomic E-state index is 12.6. The van der Waals surface area contributed by atoms with E-state index in [0.29, 0.717) is 34.2 Å². The van der Waals surface area contributed by atoms with Crippen LogP contribution in [0.3, 0.4) is 0 Å². The zero-order chi connectivity index (χ0) is 21.0. The van der Waals surface area contributed by atoms with Crippen molar-refractivity contribution in [2.24, 2.45) is 0 Å². The van der Waals surface area contributed by atoms with E-state index < -0.39 is 18.5 Å². The first-order valence-electron chi connectivity index (χ1n) is 9.17. The van der Waals surface area contributed by atoms with E-state index in [0.717, 1.165) is 11.1 Å². The molecule has 29 heavy (non-hydrogen) atoms. The smallest absolute Gasteiger partial charge is 0.342 e. The lowest BCUT2D eigenvalue weighted by Crippen LogP contribution is -2.22. The van der Waals surface area contributed by atoms with Gasteiger partial charge >= 0.3 is 5.97 Å². The first-order valence-corrected chi connectivity index (χ1v) is 9.54. The number of aromatic nitrogens is 2. The van der Waals surface area contributed by atoms with Crippen LogP contribution >= 0.6 is 11.6 Å². The molecule has 2 aromatic carbocycles. The molecule has 0 unspecified atom stereocenters. The van der Waals surface area contributed by atoms with Gasteiger partial charge in [0.1, 0.15) is 5.56 Å². The highest BCUT2D eigenvalue weighted by molar-refractivity contribution is 6.31. The number of anilines is 1. The Morgan fingerprint density at radius 3 is 2.52 bits per heavy atom. The van der Waals surface area contributed by atoms with Gasteiger partial charge in [-0.3, -0.25) is 9.48 Å². The third-order valence-corrected chi connectivity index (χ3v) is 5.05. The quantitative estimate of drug-likeness (QED) is 0.613. The second-order valence-electron chi connectivity index (χ2n) is 6.73. The lowest BCUT2D eigenvalue weighted by atomic mass is 10.2. The molecule has 3 rings (SSSR count). The molecule has 1 amide bonds. The van der Waals surface area contributed by atoms with Gasteiger partial charge in [0.2, 0.25) is 0 Å². The maximum Gasteiger partial charge on any atom is 0.342 e. The molecule has 1 heterocycles. The second kappa shape index (κ2) is 8.92. The summed E-state index contributed by atoms with van der Waals surface area (Å²) >= 11 is 6.05. The van der Waals surface area contributed by atoms with Gasteiger partial charge in [-0.15, -0.1) is 0 Å². The average molecular weight is 412 g/mol. The van der Waals surface area contributed by atoms with Crippen molar-refractivity contribution < 1.29 is 14.3 Å². The van der Waals surface area contributed by atoms with Crippen LogP contribution in [0.5, 0.6) is 0 Å². The monoisotopic (exact) mass is 411 g/mol. The molecule has 0 bridgehead atoms. The van der Waals surface area contributed by atoms with Crippen LogP contribution in [0.25, 0.3) is 0 Å². The van der Waals surface area contributed by atoms with Crippen molar-refractivity contribution in [2.75, 3.05) is 11.9 Å². The summed E-state index contributed by atoms with van der Waals surface area (Å²) in [6.07, 6.45) is 0. The normalized spacial score (nSPS) is 10.6. The van der Waals surface area contributed by atoms with Crippen molar-refractivity contribution in [3.8, 4) is 0 Å². The molecule has 150 valence electrons. The van der Waals surface area contributed by atoms with Crippen LogP contribution < -0.4 is 5.32 Å². The highest BCUT2D eigenvalue weighted by Crippen LogP contribution is 2.23. The highest BCUT2D eigenvalue weighted by atomic mass is 35.5. The predicted octanol–water partition coefficient (Wildman–Crippen LogP) is 4.31. The van der Waals surface area contributed by atoms with E-state index in [1.807, 2.05) is 37.3 Å². The van der Waals surface area contributed by atoms with Gasteiger partial charge in [-0.2, -0.15) is 5.10 Å². The van der Waals surface area contributed by atoms with Crippen LogP contribution in [0.15, 0.2) is 48.5 Å². The number of hydrogen-bond donors (Lipinski definition) is 1. The van der Waals surface area contributed by atoms with Crippen molar-refractivity contribution in [1.29, 1.82) is 0 Å². The number of hydrogen-bond acceptors (Lipinski definition) is 4. The van der Waals surface area contributed by atoms with Gasteiger partial charge in [-0.05, 0) is 44.0 Å². The summed E-state index contributed by atoms with van der Waals surface area (Å²) in [4.78, 5) is 24.7. The molecule has 0 radical (unpaired) electrons. The molecular weight excluding hydrogens is 390 g/mol. The molecule has 1 N–H and O–H groups in total. The third kappa shape index (κ3) is 4.84. The zero-order valence-electron chi connectivity index (χ0n) is 16.5. The Kier molecular flexibility index (Phi) is 6.34. The summed E-state index contributed by atoms with van der Waals surface area (Å²) in [6.45, 7) is 5.52. The third-order valence-electron chi connectivity index (χ3n) is 4.64. The van der Waals surface area contributed by atoms with E-state index in [-0.39, 0.29) is 0 Å². The fourth-order valence-corrected chi connectivity index (χ4v) is 3.21. The van der Waals surface area contributed by atoms with Crippen molar-refractivity contribution in [3.63, 3.8) is 0 Å². The van der Waals surface area contributed by atoms with E-state index >= 15 is 0 Å². The van der Waals surface area contributed by atoms with Crippen LogP contribution in [0.4, 0.5) is 5.69 Å². The van der Waals surface area contributed by atoms with E-state index in [1.54, 1.807) is 36.7 Å². The number of benzene rings is 2. The number of ether oxygens (including phenoxy) is 1. The average Bonchev–Trinajstić information content (AvgIpc) is 2.97. The molecular formula is C22H22ClN3O3. The van der Waals surface area contributed by atoms with Crippen LogP contribution in [-0.2, 0) is 16.1 Å². The summed E-state index contributed by atoms with van der Waals surface area (Å²) in [5.74, 6) is -1.01. The number of carbonyl (C=O) groups is 2. The zero-order valence-corrected chi connectivity index (χ0v) is 17.3. The molecule has 6 nitrogen and oxygen atoms in total. The number of rotatable bonds is 6. The SMILES string of the molecule is Cc1nn(Cc2ccccc2)c(C)c1C(=O)OCC(=O)Nc1cccc(Cl)c1C. The van der Waals surface area contributed by atoms with Crippen LogP contribution in [0, 0.1) is 20.8 Å². The maximum absolute atomic E-state index is 12.6. The van der Waals surface area contributed by atoms with Gasteiger partial charge in [-0.25, -0.2) is 4.79 Å². The second-order valence-corrected chi connectivity index (χ2v) is 7.13. The molecule has 0 atom stereocenters. The van der Waals surface area contributed by atoms with Gasteiger partial charge < -0.3 is 10.1 Å². The van der Waals surface area contributed by atoms with Crippen molar-refractivity contribution in [1.82, 2.24) is 9.78 Å². The molecule has 0 fully saturated rings. The van der Waals surface area contributed by atoms with E-state index in [9.17, 15) is 9.59 Å². The van der Waals surface area contributed by atoms with Crippen LogP contribution in [0.2, 0.25) is 5.02 Å². The minimum Gasteiger partial charge on any atom is -0.452 e. The van der Waals surface area contributed by atoms with Gasteiger partial charge in [0.15, 0.2) is 6.61 Å². The van der Waals surface area contributed by atoms with Crippen molar-refractivity contribution >= 4 is 29.2 Å². The topological polar surface area (TPSA) is 73.2 Å². The standard InChI is InChI=1S/C22H22ClN3O3/c1-14-18(23)10-7-11-19(14)24-20(27)13-29-22(28)21-15(2)25-26(16(21)3)12-17-8-5-4-6-9-17/h4-11H,12-13H2,1-3H3,(H,24,27). The number of carbonyl (C=O) groups excluding carboxylic acids is 2. The van der Waals surface area contributed by atoms with Gasteiger partial charge in [0.05, 0.1) is 17.9 Å². The van der Waals surface area contributed by atoms with E-state index in [1.165, 1.54) is 0 Å². The first-order chi connectivity index (χ1) is 13.9. The lowest BCUT2D eigenvalue weighted by Gasteiger charge is -2.10. The number of esters is 1. The minimum atomic E-state index is -0.572. The Bertz CT molecular complexity index is 1040. The lowest BCUT2D eigenvalue weighted by molar-refractivity contribution is -0.119. The highest BCUT2D eigenvalue weighted by Gasteiger charge is 2.21. The van der Waals surface area contributed by atoms with Gasteiger partial charge in [0.25, 0.3) is 5.91 Å². The molecule has 0 saturated heterocycles. The van der Waals surface area contributed by atoms with Crippen LogP contribution in [-0.4, -0.2) is 28.3 Å². The number of nitrogens with one attached hydrogen (secondary N) is 1. The molecule has 7 heteroatoms. The molecule has 3 aromatic rings. The predicted molar refractivity (Wildman–Crippen MR) is 112 cm³/mol. The molecule has 0 aliphatic carbocycles. The molecule has 0 saturated carbocycles. The first kappa shape index (κ1) is 20.6. The Balaban J connectivity index is 1.65. The number of halogens is 1. The summed E-state index contributed by atoms with van der Waals surface area (Å²) in [5.41, 5.74) is 4.06. The van der Waals surface area contributed by atoms with Crippen molar-refractivity contribution in [3.05, 3.63) is 81.6 Å². The summed E-state index contributed by atoms with van der Waals surface area (Å²) in [7, 11) is 0. The van der Waals surface area contributed by atoms with Gasteiger partial charge in [0, 0.05) is 10.7 Å². The van der Waals surface area contributed by atoms with E-state index in [4.69, 9.17) is 16.3 Å². The molecule has 1 aromatic heterocycles. The minimum absolute atomic E-state index is 0.382. The Labute approximate surface area is 174 Å². The Hall–Kier alpha value is -3.12.